The van der Waals surface area contributed by atoms with Crippen LogP contribution < -0.4 is 5.19 Å². The monoisotopic (exact) mass is 776 g/mol. The van der Waals surface area contributed by atoms with Crippen LogP contribution in [-0.2, 0) is 10.8 Å². The zero-order chi connectivity index (χ0) is 41.0. The predicted molar refractivity (Wildman–Crippen MR) is 246 cm³/mol. The number of pyridine rings is 2. The Kier molecular flexibility index (Phi) is 9.81. The van der Waals surface area contributed by atoms with E-state index in [9.17, 15) is 5.11 Å². The van der Waals surface area contributed by atoms with Gasteiger partial charge < -0.3 is 5.11 Å². The van der Waals surface area contributed by atoms with Crippen molar-refractivity contribution in [3.8, 4) is 67.5 Å². The van der Waals surface area contributed by atoms with E-state index < -0.39 is 8.07 Å². The van der Waals surface area contributed by atoms with E-state index in [2.05, 4.69) is 193 Å². The molecule has 6 heteroatoms. The summed E-state index contributed by atoms with van der Waals surface area (Å²) < 4.78 is 2.15. The number of aromatic nitrogens is 4. The molecule has 8 rings (SSSR count). The summed E-state index contributed by atoms with van der Waals surface area (Å²) in [6.07, 6.45) is 3.94. The van der Waals surface area contributed by atoms with Gasteiger partial charge in [0.15, 0.2) is 11.5 Å². The SMILES string of the molecule is CC(C)(C)c1cc(-c2nc3c(-c4cc(-c5ccccc5)cc(-c5ccc([Si](C)(C)C)cn5)c4)ccnc3n2-c2ccccc2-c2ccccc2)c(O)c(C(C)(C)C)c1. The summed E-state index contributed by atoms with van der Waals surface area (Å²) in [5, 5.41) is 13.7. The van der Waals surface area contributed by atoms with Crippen molar-refractivity contribution in [2.45, 2.75) is 72.0 Å². The second kappa shape index (κ2) is 14.7. The molecule has 3 heterocycles. The van der Waals surface area contributed by atoms with Crippen molar-refractivity contribution in [1.29, 1.82) is 0 Å². The van der Waals surface area contributed by atoms with E-state index in [1.54, 1.807) is 0 Å². The minimum Gasteiger partial charge on any atom is -0.507 e. The maximum Gasteiger partial charge on any atom is 0.165 e. The van der Waals surface area contributed by atoms with Crippen molar-refractivity contribution < 1.29 is 5.11 Å². The molecule has 0 saturated heterocycles. The molecule has 58 heavy (non-hydrogen) atoms. The zero-order valence-electron chi connectivity index (χ0n) is 35.1. The van der Waals surface area contributed by atoms with Crippen LogP contribution in [0.1, 0.15) is 52.7 Å². The predicted octanol–water partition coefficient (Wildman–Crippen LogP) is 13.0. The standard InChI is InChI=1S/C52H52N4OSi/c1-51(2,3)39-31-43(48(57)44(32-39)52(4,5)6)49-55-47-42(26-27-53-50(47)56(49)46-23-17-16-22-41(46)35-20-14-11-15-21-35)37-28-36(34-18-12-10-13-19-34)29-38(30-37)45-25-24-40(33-54-45)58(7,8)9/h10-33,57H,1-9H3. The number of phenols is 1. The number of benzene rings is 5. The Labute approximate surface area is 344 Å². The van der Waals surface area contributed by atoms with E-state index in [-0.39, 0.29) is 16.6 Å². The molecule has 0 saturated carbocycles. The van der Waals surface area contributed by atoms with E-state index in [0.29, 0.717) is 17.0 Å². The fraction of sp³-hybridized carbons (Fsp3) is 0.212. The highest BCUT2D eigenvalue weighted by molar-refractivity contribution is 6.88. The third-order valence-corrected chi connectivity index (χ3v) is 13.1. The van der Waals surface area contributed by atoms with Gasteiger partial charge in [-0.05, 0) is 86.3 Å². The summed E-state index contributed by atoms with van der Waals surface area (Å²) in [7, 11) is -1.53. The van der Waals surface area contributed by atoms with Gasteiger partial charge >= 0.3 is 0 Å². The number of aromatic hydroxyl groups is 1. The lowest BCUT2D eigenvalue weighted by molar-refractivity contribution is 0.446. The maximum absolute atomic E-state index is 12.4. The van der Waals surface area contributed by atoms with E-state index in [1.807, 2.05) is 18.3 Å². The lowest BCUT2D eigenvalue weighted by Gasteiger charge is -2.27. The molecule has 5 nitrogen and oxygen atoms in total. The fourth-order valence-corrected chi connectivity index (χ4v) is 8.73. The van der Waals surface area contributed by atoms with Crippen molar-refractivity contribution in [3.63, 3.8) is 0 Å². The Balaban J connectivity index is 1.45. The van der Waals surface area contributed by atoms with Crippen LogP contribution in [0.15, 0.2) is 146 Å². The maximum atomic E-state index is 12.4. The number of para-hydroxylation sites is 1. The van der Waals surface area contributed by atoms with Gasteiger partial charge in [0, 0.05) is 34.6 Å². The van der Waals surface area contributed by atoms with Gasteiger partial charge in [-0.15, -0.1) is 0 Å². The van der Waals surface area contributed by atoms with Crippen LogP contribution in [0.4, 0.5) is 0 Å². The van der Waals surface area contributed by atoms with Crippen molar-refractivity contribution in [3.05, 3.63) is 157 Å². The number of imidazole rings is 1. The highest BCUT2D eigenvalue weighted by atomic mass is 28.3. The van der Waals surface area contributed by atoms with Crippen molar-refractivity contribution in [2.75, 3.05) is 0 Å². The fourth-order valence-electron chi connectivity index (χ4n) is 7.69. The summed E-state index contributed by atoms with van der Waals surface area (Å²) in [5.41, 5.74) is 12.8. The number of fused-ring (bicyclic) bond motifs is 1. The first-order valence-electron chi connectivity index (χ1n) is 20.2. The van der Waals surface area contributed by atoms with Gasteiger partial charge in [0.25, 0.3) is 0 Å². The first-order valence-corrected chi connectivity index (χ1v) is 23.7. The quantitative estimate of drug-likeness (QED) is 0.164. The Bertz CT molecular complexity index is 2770. The molecule has 0 fully saturated rings. The molecule has 0 atom stereocenters. The Morgan fingerprint density at radius 3 is 1.83 bits per heavy atom. The molecule has 5 aromatic carbocycles. The van der Waals surface area contributed by atoms with Gasteiger partial charge in [-0.2, -0.15) is 0 Å². The Morgan fingerprint density at radius 2 is 1.19 bits per heavy atom. The highest BCUT2D eigenvalue weighted by Gasteiger charge is 2.29. The third-order valence-electron chi connectivity index (χ3n) is 11.1. The minimum atomic E-state index is -1.53. The first kappa shape index (κ1) is 38.7. The molecule has 0 aliphatic carbocycles. The van der Waals surface area contributed by atoms with Gasteiger partial charge in [0.05, 0.1) is 25.0 Å². The van der Waals surface area contributed by atoms with E-state index in [1.165, 1.54) is 5.19 Å². The Hall–Kier alpha value is -6.11. The number of rotatable bonds is 7. The van der Waals surface area contributed by atoms with Gasteiger partial charge in [-0.1, -0.05) is 152 Å². The molecular weight excluding hydrogens is 725 g/mol. The summed E-state index contributed by atoms with van der Waals surface area (Å²) in [4.78, 5) is 15.7. The average molecular weight is 777 g/mol. The third kappa shape index (κ3) is 7.41. The Morgan fingerprint density at radius 1 is 0.552 bits per heavy atom. The zero-order valence-corrected chi connectivity index (χ0v) is 36.1. The summed E-state index contributed by atoms with van der Waals surface area (Å²) >= 11 is 0. The normalized spacial score (nSPS) is 12.3. The van der Waals surface area contributed by atoms with E-state index in [0.717, 1.165) is 67.0 Å². The smallest absolute Gasteiger partial charge is 0.165 e. The van der Waals surface area contributed by atoms with Crippen LogP contribution in [0, 0.1) is 0 Å². The van der Waals surface area contributed by atoms with Gasteiger partial charge in [-0.3, -0.25) is 9.55 Å². The van der Waals surface area contributed by atoms with Crippen LogP contribution >= 0.6 is 0 Å². The largest absolute Gasteiger partial charge is 0.507 e. The summed E-state index contributed by atoms with van der Waals surface area (Å²) in [6, 6.07) is 46.8. The first-order chi connectivity index (χ1) is 27.6. The molecule has 1 N–H and O–H groups in total. The topological polar surface area (TPSA) is 63.8 Å². The number of hydrogen-bond acceptors (Lipinski definition) is 4. The van der Waals surface area contributed by atoms with E-state index in [4.69, 9.17) is 15.0 Å². The molecule has 290 valence electrons. The van der Waals surface area contributed by atoms with E-state index >= 15 is 0 Å². The van der Waals surface area contributed by atoms with Crippen molar-refractivity contribution in [1.82, 2.24) is 19.5 Å². The average Bonchev–Trinajstić information content (AvgIpc) is 3.60. The molecule has 8 aromatic rings. The van der Waals surface area contributed by atoms with Gasteiger partial charge in [0.2, 0.25) is 0 Å². The summed E-state index contributed by atoms with van der Waals surface area (Å²) in [6.45, 7) is 20.1. The second-order valence-corrected chi connectivity index (χ2v) is 23.5. The number of hydrogen-bond donors (Lipinski definition) is 1. The molecule has 0 bridgehead atoms. The lowest BCUT2D eigenvalue weighted by atomic mass is 9.79. The lowest BCUT2D eigenvalue weighted by Crippen LogP contribution is -2.37. The minimum absolute atomic E-state index is 0.180. The van der Waals surface area contributed by atoms with Gasteiger partial charge in [-0.25, -0.2) is 9.97 Å². The molecular formula is C52H52N4OSi. The molecule has 0 radical (unpaired) electrons. The van der Waals surface area contributed by atoms with Crippen molar-refractivity contribution >= 4 is 24.4 Å². The van der Waals surface area contributed by atoms with Crippen LogP contribution in [-0.4, -0.2) is 32.7 Å². The number of nitrogens with zero attached hydrogens (tertiary/aromatic N) is 4. The second-order valence-electron chi connectivity index (χ2n) is 18.5. The van der Waals surface area contributed by atoms with Crippen LogP contribution in [0.3, 0.4) is 0 Å². The summed E-state index contributed by atoms with van der Waals surface area (Å²) in [5.74, 6) is 0.868. The molecule has 0 aliphatic rings. The highest BCUT2D eigenvalue weighted by Crippen LogP contribution is 2.45. The van der Waals surface area contributed by atoms with Crippen molar-refractivity contribution in [2.24, 2.45) is 0 Å². The molecule has 0 aliphatic heterocycles. The number of phenolic OH excluding ortho intramolecular Hbond substituents is 1. The van der Waals surface area contributed by atoms with Crippen LogP contribution in [0.5, 0.6) is 5.75 Å². The molecule has 0 amide bonds. The van der Waals surface area contributed by atoms with Crippen LogP contribution in [0.25, 0.3) is 72.9 Å². The molecule has 3 aromatic heterocycles. The molecule has 0 unspecified atom stereocenters. The molecule has 0 spiro atoms. The van der Waals surface area contributed by atoms with Crippen LogP contribution in [0.2, 0.25) is 19.6 Å². The van der Waals surface area contributed by atoms with Gasteiger partial charge in [0.1, 0.15) is 11.3 Å².